The molecule has 2 rings (SSSR count). The van der Waals surface area contributed by atoms with Gasteiger partial charge in [-0.3, -0.25) is 14.9 Å². The van der Waals surface area contributed by atoms with Crippen molar-refractivity contribution in [3.8, 4) is 5.75 Å². The van der Waals surface area contributed by atoms with E-state index in [1.165, 1.54) is 36.5 Å². The first kappa shape index (κ1) is 14.7. The van der Waals surface area contributed by atoms with Crippen LogP contribution in [0.15, 0.2) is 36.5 Å². The van der Waals surface area contributed by atoms with Crippen molar-refractivity contribution < 1.29 is 14.8 Å². The molecule has 1 aromatic heterocycles. The van der Waals surface area contributed by atoms with E-state index in [0.29, 0.717) is 5.56 Å². The molecule has 0 aliphatic carbocycles. The zero-order chi connectivity index (χ0) is 15.4. The van der Waals surface area contributed by atoms with E-state index in [1.807, 2.05) is 0 Å². The Morgan fingerprint density at radius 3 is 2.81 bits per heavy atom. The molecular weight excluding hydrogens is 298 g/mol. The van der Waals surface area contributed by atoms with Crippen LogP contribution in [0, 0.1) is 10.1 Å². The molecule has 0 saturated heterocycles. The largest absolute Gasteiger partial charge is 0.508 e. The van der Waals surface area contributed by atoms with Crippen molar-refractivity contribution in [3.05, 3.63) is 62.9 Å². The van der Waals surface area contributed by atoms with E-state index in [-0.39, 0.29) is 28.7 Å². The number of aromatic hydroxyl groups is 1. The Labute approximate surface area is 124 Å². The second kappa shape index (κ2) is 6.19. The van der Waals surface area contributed by atoms with Gasteiger partial charge in [0.2, 0.25) is 0 Å². The molecule has 1 amide bonds. The van der Waals surface area contributed by atoms with Crippen molar-refractivity contribution in [1.82, 2.24) is 10.3 Å². The molecule has 0 saturated carbocycles. The number of nitrogens with one attached hydrogen (secondary N) is 1. The second-order valence-corrected chi connectivity index (χ2v) is 4.51. The number of phenols is 1. The minimum atomic E-state index is -0.576. The van der Waals surface area contributed by atoms with Crippen LogP contribution in [0.3, 0.4) is 0 Å². The smallest absolute Gasteiger partial charge is 0.270 e. The Morgan fingerprint density at radius 2 is 2.14 bits per heavy atom. The Hall–Kier alpha value is -2.67. The van der Waals surface area contributed by atoms with Crippen LogP contribution in [-0.4, -0.2) is 20.9 Å². The normalized spacial score (nSPS) is 10.1. The maximum absolute atomic E-state index is 11.9. The summed E-state index contributed by atoms with van der Waals surface area (Å²) < 4.78 is 0. The molecule has 0 atom stereocenters. The van der Waals surface area contributed by atoms with Gasteiger partial charge in [-0.1, -0.05) is 11.6 Å². The molecule has 0 aliphatic rings. The van der Waals surface area contributed by atoms with E-state index in [9.17, 15) is 20.0 Å². The summed E-state index contributed by atoms with van der Waals surface area (Å²) in [6.07, 6.45) is 1.39. The third kappa shape index (κ3) is 3.67. The van der Waals surface area contributed by atoms with Gasteiger partial charge >= 0.3 is 0 Å². The van der Waals surface area contributed by atoms with Crippen LogP contribution in [0.25, 0.3) is 0 Å². The summed E-state index contributed by atoms with van der Waals surface area (Å²) in [6.45, 7) is -0.0493. The summed E-state index contributed by atoms with van der Waals surface area (Å²) in [4.78, 5) is 25.7. The number of non-ortho nitro benzene ring substituents is 1. The molecule has 0 bridgehead atoms. The molecule has 108 valence electrons. The average Bonchev–Trinajstić information content (AvgIpc) is 2.45. The summed E-state index contributed by atoms with van der Waals surface area (Å²) in [5.41, 5.74) is 0.390. The van der Waals surface area contributed by atoms with E-state index in [1.54, 1.807) is 0 Å². The number of hydrogen-bond donors (Lipinski definition) is 2. The lowest BCUT2D eigenvalue weighted by Gasteiger charge is -2.07. The summed E-state index contributed by atoms with van der Waals surface area (Å²) in [5.74, 6) is -0.557. The van der Waals surface area contributed by atoms with Crippen molar-refractivity contribution in [3.63, 3.8) is 0 Å². The lowest BCUT2D eigenvalue weighted by Crippen LogP contribution is -2.22. The Morgan fingerprint density at radius 1 is 1.38 bits per heavy atom. The number of amides is 1. The third-order valence-electron chi connectivity index (χ3n) is 2.70. The number of nitro groups is 1. The van der Waals surface area contributed by atoms with Gasteiger partial charge in [-0.15, -0.1) is 0 Å². The lowest BCUT2D eigenvalue weighted by atomic mass is 10.1. The van der Waals surface area contributed by atoms with Crippen molar-refractivity contribution >= 4 is 23.2 Å². The van der Waals surface area contributed by atoms with Crippen LogP contribution >= 0.6 is 11.6 Å². The van der Waals surface area contributed by atoms with Crippen molar-refractivity contribution in [1.29, 1.82) is 0 Å². The number of phenolic OH excluding ortho intramolecular Hbond substituents is 1. The minimum Gasteiger partial charge on any atom is -0.508 e. The summed E-state index contributed by atoms with van der Waals surface area (Å²) in [7, 11) is 0. The summed E-state index contributed by atoms with van der Waals surface area (Å²) >= 11 is 5.68. The van der Waals surface area contributed by atoms with Gasteiger partial charge in [0.15, 0.2) is 0 Å². The first-order valence-electron chi connectivity index (χ1n) is 5.83. The minimum absolute atomic E-state index is 0.0493. The van der Waals surface area contributed by atoms with Crippen LogP contribution < -0.4 is 5.32 Å². The van der Waals surface area contributed by atoms with Gasteiger partial charge in [-0.2, -0.15) is 0 Å². The molecule has 1 heterocycles. The first-order valence-corrected chi connectivity index (χ1v) is 6.21. The zero-order valence-corrected chi connectivity index (χ0v) is 11.4. The number of hydrogen-bond acceptors (Lipinski definition) is 5. The number of nitro benzene ring substituents is 1. The third-order valence-corrected chi connectivity index (χ3v) is 2.91. The van der Waals surface area contributed by atoms with E-state index in [0.717, 1.165) is 0 Å². The molecule has 0 aliphatic heterocycles. The van der Waals surface area contributed by atoms with Gasteiger partial charge in [-0.05, 0) is 18.2 Å². The van der Waals surface area contributed by atoms with Gasteiger partial charge in [0, 0.05) is 36.0 Å². The first-order chi connectivity index (χ1) is 9.97. The monoisotopic (exact) mass is 307 g/mol. The number of carbonyl (C=O) groups is 1. The Balaban J connectivity index is 2.11. The topological polar surface area (TPSA) is 105 Å². The lowest BCUT2D eigenvalue weighted by molar-refractivity contribution is -0.384. The standard InChI is InChI=1S/C13H10ClN3O4/c14-12-6-8(3-4-15-12)13(19)16-7-9-5-10(17(20)21)1-2-11(9)18/h1-6,18H,7H2,(H,16,19). The number of rotatable bonds is 4. The summed E-state index contributed by atoms with van der Waals surface area (Å²) in [6, 6.07) is 6.47. The Kier molecular flexibility index (Phi) is 4.34. The number of halogens is 1. The number of aromatic nitrogens is 1. The number of carbonyl (C=O) groups excluding carboxylic acids is 1. The van der Waals surface area contributed by atoms with E-state index in [4.69, 9.17) is 11.6 Å². The van der Waals surface area contributed by atoms with Crippen LogP contribution in [0.5, 0.6) is 5.75 Å². The zero-order valence-electron chi connectivity index (χ0n) is 10.6. The molecule has 2 N–H and O–H groups in total. The summed E-state index contributed by atoms with van der Waals surface area (Å²) in [5, 5.41) is 23.0. The molecule has 0 spiro atoms. The van der Waals surface area contributed by atoms with Gasteiger partial charge in [-0.25, -0.2) is 4.98 Å². The number of benzene rings is 1. The van der Waals surface area contributed by atoms with Gasteiger partial charge < -0.3 is 10.4 Å². The molecule has 7 nitrogen and oxygen atoms in total. The molecule has 8 heteroatoms. The Bertz CT molecular complexity index is 706. The van der Waals surface area contributed by atoms with Crippen LogP contribution in [0.4, 0.5) is 5.69 Å². The SMILES string of the molecule is O=C(NCc1cc([N+](=O)[O-])ccc1O)c1ccnc(Cl)c1. The van der Waals surface area contributed by atoms with Gasteiger partial charge in [0.05, 0.1) is 4.92 Å². The van der Waals surface area contributed by atoms with Crippen molar-refractivity contribution in [2.45, 2.75) is 6.54 Å². The molecule has 2 aromatic rings. The van der Waals surface area contributed by atoms with E-state index in [2.05, 4.69) is 10.3 Å². The molecule has 0 fully saturated rings. The molecule has 21 heavy (non-hydrogen) atoms. The van der Waals surface area contributed by atoms with E-state index >= 15 is 0 Å². The maximum Gasteiger partial charge on any atom is 0.270 e. The van der Waals surface area contributed by atoms with Crippen LogP contribution in [-0.2, 0) is 6.54 Å². The predicted molar refractivity (Wildman–Crippen MR) is 75.2 cm³/mol. The van der Waals surface area contributed by atoms with Crippen molar-refractivity contribution in [2.75, 3.05) is 0 Å². The van der Waals surface area contributed by atoms with Crippen LogP contribution in [0.2, 0.25) is 5.15 Å². The number of nitrogens with zero attached hydrogens (tertiary/aromatic N) is 2. The molecule has 0 unspecified atom stereocenters. The molecule has 0 radical (unpaired) electrons. The maximum atomic E-state index is 11.9. The fourth-order valence-corrected chi connectivity index (χ4v) is 1.82. The fourth-order valence-electron chi connectivity index (χ4n) is 1.65. The highest BCUT2D eigenvalue weighted by atomic mass is 35.5. The highest BCUT2D eigenvalue weighted by Crippen LogP contribution is 2.22. The second-order valence-electron chi connectivity index (χ2n) is 4.12. The average molecular weight is 308 g/mol. The predicted octanol–water partition coefficient (Wildman–Crippen LogP) is 2.28. The highest BCUT2D eigenvalue weighted by molar-refractivity contribution is 6.29. The molecule has 1 aromatic carbocycles. The number of pyridine rings is 1. The van der Waals surface area contributed by atoms with Gasteiger partial charge in [0.25, 0.3) is 11.6 Å². The van der Waals surface area contributed by atoms with Crippen LogP contribution in [0.1, 0.15) is 15.9 Å². The van der Waals surface area contributed by atoms with E-state index < -0.39 is 10.8 Å². The quantitative estimate of drug-likeness (QED) is 0.512. The van der Waals surface area contributed by atoms with Gasteiger partial charge in [0.1, 0.15) is 10.9 Å². The fraction of sp³-hybridized carbons (Fsp3) is 0.0769. The molecular formula is C13H10ClN3O4. The van der Waals surface area contributed by atoms with Crippen molar-refractivity contribution in [2.24, 2.45) is 0 Å². The highest BCUT2D eigenvalue weighted by Gasteiger charge is 2.12.